The fourth-order valence-corrected chi connectivity index (χ4v) is 3.26. The molecule has 1 heterocycles. The van der Waals surface area contributed by atoms with Crippen LogP contribution in [0.5, 0.6) is 0 Å². The maximum Gasteiger partial charge on any atom is 0.254 e. The topological polar surface area (TPSA) is 60.9 Å². The SMILES string of the molecule is CCC[C@H](O)c1ccc(-c2ccc(C(=O)N3CCN(C)C(=O)C3)cc2)cc1. The van der Waals surface area contributed by atoms with E-state index >= 15 is 0 Å². The van der Waals surface area contributed by atoms with E-state index in [0.29, 0.717) is 18.7 Å². The number of likely N-dealkylation sites (N-methyl/N-ethyl adjacent to an activating group) is 1. The first-order valence-corrected chi connectivity index (χ1v) is 9.41. The third kappa shape index (κ3) is 4.37. The lowest BCUT2D eigenvalue weighted by atomic mass is 9.99. The van der Waals surface area contributed by atoms with E-state index in [1.54, 1.807) is 29.0 Å². The molecular weight excluding hydrogens is 340 g/mol. The number of aliphatic hydroxyl groups is 1. The van der Waals surface area contributed by atoms with Crippen molar-refractivity contribution in [3.63, 3.8) is 0 Å². The largest absolute Gasteiger partial charge is 0.388 e. The molecule has 3 rings (SSSR count). The number of nitrogens with zero attached hydrogens (tertiary/aromatic N) is 2. The fraction of sp³-hybridized carbons (Fsp3) is 0.364. The van der Waals surface area contributed by atoms with Crippen LogP contribution < -0.4 is 0 Å². The number of aliphatic hydroxyl groups excluding tert-OH is 1. The fourth-order valence-electron chi connectivity index (χ4n) is 3.26. The molecule has 142 valence electrons. The van der Waals surface area contributed by atoms with E-state index < -0.39 is 6.10 Å². The first-order chi connectivity index (χ1) is 13.0. The van der Waals surface area contributed by atoms with Crippen molar-refractivity contribution in [2.45, 2.75) is 25.9 Å². The van der Waals surface area contributed by atoms with Crippen LogP contribution in [0.3, 0.4) is 0 Å². The second-order valence-electron chi connectivity index (χ2n) is 7.05. The smallest absolute Gasteiger partial charge is 0.254 e. The minimum absolute atomic E-state index is 0.0310. The van der Waals surface area contributed by atoms with E-state index in [2.05, 4.69) is 6.92 Å². The Labute approximate surface area is 160 Å². The third-order valence-corrected chi connectivity index (χ3v) is 5.07. The van der Waals surface area contributed by atoms with Gasteiger partial charge in [0.15, 0.2) is 0 Å². The van der Waals surface area contributed by atoms with E-state index in [1.165, 1.54) is 0 Å². The second-order valence-corrected chi connectivity index (χ2v) is 7.05. The van der Waals surface area contributed by atoms with Crippen molar-refractivity contribution >= 4 is 11.8 Å². The highest BCUT2D eigenvalue weighted by atomic mass is 16.3. The van der Waals surface area contributed by atoms with Crippen LogP contribution in [0.1, 0.15) is 41.8 Å². The van der Waals surface area contributed by atoms with Crippen molar-refractivity contribution in [2.24, 2.45) is 0 Å². The first-order valence-electron chi connectivity index (χ1n) is 9.41. The molecule has 0 spiro atoms. The Morgan fingerprint density at radius 2 is 1.63 bits per heavy atom. The van der Waals surface area contributed by atoms with Crippen molar-refractivity contribution in [2.75, 3.05) is 26.7 Å². The van der Waals surface area contributed by atoms with E-state index in [4.69, 9.17) is 0 Å². The maximum atomic E-state index is 12.6. The molecule has 0 aliphatic carbocycles. The van der Waals surface area contributed by atoms with Crippen LogP contribution in [-0.4, -0.2) is 53.4 Å². The van der Waals surface area contributed by atoms with Gasteiger partial charge in [-0.05, 0) is 35.2 Å². The Kier molecular flexibility index (Phi) is 5.91. The van der Waals surface area contributed by atoms with Crippen LogP contribution in [0.15, 0.2) is 48.5 Å². The molecular formula is C22H26N2O3. The van der Waals surface area contributed by atoms with Crippen LogP contribution in [0.2, 0.25) is 0 Å². The predicted molar refractivity (Wildman–Crippen MR) is 105 cm³/mol. The van der Waals surface area contributed by atoms with Gasteiger partial charge < -0.3 is 14.9 Å². The number of hydrogen-bond donors (Lipinski definition) is 1. The summed E-state index contributed by atoms with van der Waals surface area (Å²) in [5, 5.41) is 10.1. The molecule has 1 aliphatic heterocycles. The number of piperazine rings is 1. The van der Waals surface area contributed by atoms with Crippen LogP contribution in [0.25, 0.3) is 11.1 Å². The van der Waals surface area contributed by atoms with Gasteiger partial charge in [0.25, 0.3) is 5.91 Å². The monoisotopic (exact) mass is 366 g/mol. The molecule has 0 bridgehead atoms. The van der Waals surface area contributed by atoms with Crippen LogP contribution in [0.4, 0.5) is 0 Å². The van der Waals surface area contributed by atoms with E-state index in [0.717, 1.165) is 29.5 Å². The minimum Gasteiger partial charge on any atom is -0.388 e. The lowest BCUT2D eigenvalue weighted by Gasteiger charge is -2.32. The molecule has 5 nitrogen and oxygen atoms in total. The van der Waals surface area contributed by atoms with Crippen molar-refractivity contribution < 1.29 is 14.7 Å². The first kappa shape index (κ1) is 19.1. The summed E-state index contributed by atoms with van der Waals surface area (Å²) in [4.78, 5) is 27.7. The number of hydrogen-bond acceptors (Lipinski definition) is 3. The molecule has 0 unspecified atom stereocenters. The summed E-state index contributed by atoms with van der Waals surface area (Å²) >= 11 is 0. The maximum absolute atomic E-state index is 12.6. The summed E-state index contributed by atoms with van der Waals surface area (Å²) in [7, 11) is 1.76. The average Bonchev–Trinajstić information content (AvgIpc) is 2.70. The molecule has 5 heteroatoms. The van der Waals surface area contributed by atoms with Crippen LogP contribution in [0, 0.1) is 0 Å². The van der Waals surface area contributed by atoms with Gasteiger partial charge in [-0.25, -0.2) is 0 Å². The molecule has 1 saturated heterocycles. The van der Waals surface area contributed by atoms with Gasteiger partial charge in [-0.15, -0.1) is 0 Å². The number of amides is 2. The molecule has 2 aromatic carbocycles. The average molecular weight is 366 g/mol. The summed E-state index contributed by atoms with van der Waals surface area (Å²) in [6, 6.07) is 15.3. The quantitative estimate of drug-likeness (QED) is 0.884. The Balaban J connectivity index is 1.70. The number of carbonyl (C=O) groups is 2. The van der Waals surface area contributed by atoms with Gasteiger partial charge in [0.05, 0.1) is 6.10 Å². The van der Waals surface area contributed by atoms with E-state index in [9.17, 15) is 14.7 Å². The van der Waals surface area contributed by atoms with Crippen molar-refractivity contribution in [1.29, 1.82) is 0 Å². The van der Waals surface area contributed by atoms with Gasteiger partial charge in [-0.1, -0.05) is 49.7 Å². The van der Waals surface area contributed by atoms with E-state index in [1.807, 2.05) is 36.4 Å². The van der Waals surface area contributed by atoms with Gasteiger partial charge in [0, 0.05) is 25.7 Å². The van der Waals surface area contributed by atoms with Crippen molar-refractivity contribution in [1.82, 2.24) is 9.80 Å². The number of rotatable bonds is 5. The number of carbonyl (C=O) groups excluding carboxylic acids is 2. The Bertz CT molecular complexity index is 799. The Morgan fingerprint density at radius 3 is 2.19 bits per heavy atom. The van der Waals surface area contributed by atoms with Gasteiger partial charge in [-0.3, -0.25) is 9.59 Å². The van der Waals surface area contributed by atoms with Crippen LogP contribution in [-0.2, 0) is 4.79 Å². The highest BCUT2D eigenvalue weighted by molar-refractivity contribution is 5.97. The zero-order valence-electron chi connectivity index (χ0n) is 15.9. The molecule has 27 heavy (non-hydrogen) atoms. The zero-order valence-corrected chi connectivity index (χ0v) is 15.9. The van der Waals surface area contributed by atoms with Gasteiger partial charge >= 0.3 is 0 Å². The summed E-state index contributed by atoms with van der Waals surface area (Å²) < 4.78 is 0. The molecule has 2 amide bonds. The zero-order chi connectivity index (χ0) is 19.4. The lowest BCUT2D eigenvalue weighted by Crippen LogP contribution is -2.50. The molecule has 2 aromatic rings. The summed E-state index contributed by atoms with van der Waals surface area (Å²) in [6.45, 7) is 3.32. The summed E-state index contributed by atoms with van der Waals surface area (Å²) in [5.74, 6) is -0.141. The number of benzene rings is 2. The molecule has 1 aliphatic rings. The summed E-state index contributed by atoms with van der Waals surface area (Å²) in [6.07, 6.45) is 1.28. The van der Waals surface area contributed by atoms with Gasteiger partial charge in [0.1, 0.15) is 6.54 Å². The Morgan fingerprint density at radius 1 is 1.04 bits per heavy atom. The third-order valence-electron chi connectivity index (χ3n) is 5.07. The highest BCUT2D eigenvalue weighted by Gasteiger charge is 2.25. The van der Waals surface area contributed by atoms with Gasteiger partial charge in [-0.2, -0.15) is 0 Å². The highest BCUT2D eigenvalue weighted by Crippen LogP contribution is 2.24. The molecule has 0 saturated carbocycles. The molecule has 0 aromatic heterocycles. The molecule has 1 atom stereocenters. The van der Waals surface area contributed by atoms with Crippen molar-refractivity contribution in [3.8, 4) is 11.1 Å². The molecule has 1 fully saturated rings. The molecule has 1 N–H and O–H groups in total. The molecule has 0 radical (unpaired) electrons. The van der Waals surface area contributed by atoms with E-state index in [-0.39, 0.29) is 18.4 Å². The second kappa shape index (κ2) is 8.35. The summed E-state index contributed by atoms with van der Waals surface area (Å²) in [5.41, 5.74) is 3.56. The van der Waals surface area contributed by atoms with Gasteiger partial charge in [0.2, 0.25) is 5.91 Å². The predicted octanol–water partition coefficient (Wildman–Crippen LogP) is 3.10. The van der Waals surface area contributed by atoms with Crippen molar-refractivity contribution in [3.05, 3.63) is 59.7 Å². The lowest BCUT2D eigenvalue weighted by molar-refractivity contribution is -0.133. The standard InChI is InChI=1S/C22H26N2O3/c1-3-4-20(25)18-9-5-16(6-10-18)17-7-11-19(12-8-17)22(27)24-14-13-23(2)21(26)15-24/h5-12,20,25H,3-4,13-15H2,1-2H3/t20-/m0/s1. The minimum atomic E-state index is -0.421. The van der Waals surface area contributed by atoms with Crippen LogP contribution >= 0.6 is 0 Å². The normalized spacial score (nSPS) is 15.7. The Hall–Kier alpha value is -2.66.